The molecule has 6 rings (SSSR count). The lowest BCUT2D eigenvalue weighted by Crippen LogP contribution is -2.44. The molecule has 7 N–H and O–H groups in total. The average molecular weight is 679 g/mol. The molecule has 6 fully saturated rings. The van der Waals surface area contributed by atoms with E-state index >= 15 is 0 Å². The predicted molar refractivity (Wildman–Crippen MR) is 192 cm³/mol. The number of ether oxygens (including phenoxy) is 1. The van der Waals surface area contributed by atoms with Crippen molar-refractivity contribution in [2.75, 3.05) is 39.3 Å². The Bertz CT molecular complexity index is 984. The Hall–Kier alpha value is -2.24. The van der Waals surface area contributed by atoms with Gasteiger partial charge >= 0.3 is 6.09 Å². The molecule has 0 heterocycles. The van der Waals surface area contributed by atoms with Crippen LogP contribution in [-0.2, 0) is 19.1 Å². The van der Waals surface area contributed by atoms with Gasteiger partial charge in [-0.15, -0.1) is 0 Å². The number of ketones is 1. The van der Waals surface area contributed by atoms with Gasteiger partial charge in [-0.05, 0) is 130 Å². The van der Waals surface area contributed by atoms with Gasteiger partial charge in [0.25, 0.3) is 0 Å². The van der Waals surface area contributed by atoms with Crippen molar-refractivity contribution in [3.8, 4) is 0 Å². The highest BCUT2D eigenvalue weighted by Crippen LogP contribution is 2.44. The van der Waals surface area contributed by atoms with Gasteiger partial charge in [0, 0.05) is 42.9 Å². The summed E-state index contributed by atoms with van der Waals surface area (Å²) in [6.07, 6.45) is 12.9. The van der Waals surface area contributed by atoms with Crippen LogP contribution in [0.5, 0.6) is 0 Å². The van der Waals surface area contributed by atoms with Crippen molar-refractivity contribution in [2.45, 2.75) is 149 Å². The number of Topliss-reactive ketones (excluding diaryl/α,β-unsaturated/α-hetero) is 1. The molecule has 6 aliphatic rings. The highest BCUT2D eigenvalue weighted by molar-refractivity contribution is 5.81. The molecule has 0 radical (unpaired) electrons. The third kappa shape index (κ3) is 19.1. The fourth-order valence-electron chi connectivity index (χ4n) is 4.48. The third-order valence-corrected chi connectivity index (χ3v) is 9.70. The first-order chi connectivity index (χ1) is 22.4. The minimum Gasteiger partial charge on any atom is -0.444 e. The Morgan fingerprint density at radius 3 is 1.44 bits per heavy atom. The minimum atomic E-state index is -0.436. The Balaban J connectivity index is 0.000000214. The van der Waals surface area contributed by atoms with Gasteiger partial charge in [0.2, 0.25) is 11.8 Å². The van der Waals surface area contributed by atoms with E-state index in [1.165, 1.54) is 32.5 Å². The summed E-state index contributed by atoms with van der Waals surface area (Å²) in [6.45, 7) is 21.6. The van der Waals surface area contributed by atoms with Crippen LogP contribution >= 0.6 is 0 Å². The van der Waals surface area contributed by atoms with Crippen molar-refractivity contribution < 1.29 is 23.9 Å². The molecule has 48 heavy (non-hydrogen) atoms. The zero-order valence-electron chi connectivity index (χ0n) is 31.6. The molecular formula is C37H70N6O5. The number of carbonyl (C=O) groups excluding carboxylic acids is 4. The fourth-order valence-corrected chi connectivity index (χ4v) is 4.48. The fraction of sp³-hybridized carbons (Fsp3) is 0.892. The van der Waals surface area contributed by atoms with Crippen LogP contribution < -0.4 is 27.4 Å². The van der Waals surface area contributed by atoms with Gasteiger partial charge in [-0.1, -0.05) is 27.7 Å². The SMILES string of the molecule is CC(=O)C1CC1.CC(C)(C)OC(=O)NC1(CN)CC1.CC1(CNC(=O)C2CC2)CC1.CCN(CC)CC.NC1(CNC(=O)C2CC2)CC1. The molecular weight excluding hydrogens is 608 g/mol. The Labute approximate surface area is 291 Å². The van der Waals surface area contributed by atoms with Crippen LogP contribution in [0.1, 0.15) is 132 Å². The normalized spacial score (nSPS) is 21.4. The van der Waals surface area contributed by atoms with E-state index in [-0.39, 0.29) is 29.0 Å². The van der Waals surface area contributed by atoms with Gasteiger partial charge in [0.05, 0.1) is 5.54 Å². The first kappa shape index (κ1) is 41.9. The zero-order chi connectivity index (χ0) is 36.2. The summed E-state index contributed by atoms with van der Waals surface area (Å²) in [6, 6.07) is 0. The molecule has 6 aliphatic carbocycles. The van der Waals surface area contributed by atoms with Gasteiger partial charge in [-0.25, -0.2) is 4.79 Å². The zero-order valence-corrected chi connectivity index (χ0v) is 31.6. The number of hydrogen-bond donors (Lipinski definition) is 5. The summed E-state index contributed by atoms with van der Waals surface area (Å²) in [4.78, 5) is 46.1. The number of nitrogens with two attached hydrogens (primary N) is 2. The lowest BCUT2D eigenvalue weighted by molar-refractivity contribution is -0.123. The van der Waals surface area contributed by atoms with Gasteiger partial charge < -0.3 is 37.1 Å². The van der Waals surface area contributed by atoms with Crippen molar-refractivity contribution in [3.63, 3.8) is 0 Å². The van der Waals surface area contributed by atoms with Crippen LogP contribution in [0.2, 0.25) is 0 Å². The third-order valence-electron chi connectivity index (χ3n) is 9.70. The topological polar surface area (TPSA) is 169 Å². The number of carbonyl (C=O) groups is 4. The molecule has 0 aromatic carbocycles. The summed E-state index contributed by atoms with van der Waals surface area (Å²) in [5.74, 6) is 2.02. The molecule has 0 spiro atoms. The van der Waals surface area contributed by atoms with Crippen LogP contribution in [0.25, 0.3) is 0 Å². The number of hydrogen-bond acceptors (Lipinski definition) is 8. The Morgan fingerprint density at radius 2 is 1.19 bits per heavy atom. The summed E-state index contributed by atoms with van der Waals surface area (Å²) >= 11 is 0. The molecule has 0 aromatic heterocycles. The van der Waals surface area contributed by atoms with Crippen molar-refractivity contribution >= 4 is 23.7 Å². The van der Waals surface area contributed by atoms with Crippen LogP contribution in [0.3, 0.4) is 0 Å². The molecule has 6 saturated carbocycles. The standard InChI is InChI=1S/C9H18N2O2.C9H15NO.C8H14N2O.C6H15N.C5H8O/c1-8(2,3)13-7(12)11-9(6-10)4-5-9;1-9(4-5-9)6-10-8(11)7-2-3-7;9-8(3-4-8)5-10-7(11)6-1-2-6;1-4-7(5-2)6-3;1-4(6)5-2-3-5/h4-6,10H2,1-3H3,(H,11,12);7H,2-6H2,1H3,(H,10,11);6H,1-5,9H2,(H,10,11);4-6H2,1-3H3;5H,2-3H2,1H3. The number of nitrogens with one attached hydrogen (secondary N) is 3. The first-order valence-corrected chi connectivity index (χ1v) is 18.7. The van der Waals surface area contributed by atoms with Crippen LogP contribution in [0, 0.1) is 23.2 Å². The molecule has 278 valence electrons. The van der Waals surface area contributed by atoms with E-state index in [2.05, 4.69) is 48.5 Å². The monoisotopic (exact) mass is 679 g/mol. The lowest BCUT2D eigenvalue weighted by atomic mass is 10.1. The second-order valence-electron chi connectivity index (χ2n) is 16.3. The van der Waals surface area contributed by atoms with E-state index in [0.29, 0.717) is 42.0 Å². The second-order valence-corrected chi connectivity index (χ2v) is 16.3. The van der Waals surface area contributed by atoms with Crippen molar-refractivity contribution in [1.29, 1.82) is 0 Å². The summed E-state index contributed by atoms with van der Waals surface area (Å²) in [5, 5.41) is 8.68. The highest BCUT2D eigenvalue weighted by Gasteiger charge is 2.44. The summed E-state index contributed by atoms with van der Waals surface area (Å²) in [5.41, 5.74) is 11.1. The average Bonchev–Trinajstić information content (AvgIpc) is 3.81. The van der Waals surface area contributed by atoms with Crippen molar-refractivity contribution in [1.82, 2.24) is 20.9 Å². The minimum absolute atomic E-state index is 0.0372. The van der Waals surface area contributed by atoms with Crippen molar-refractivity contribution in [3.05, 3.63) is 0 Å². The number of rotatable bonds is 12. The molecule has 0 saturated heterocycles. The van der Waals surface area contributed by atoms with Crippen molar-refractivity contribution in [2.24, 2.45) is 34.6 Å². The Kier molecular flexibility index (Phi) is 16.3. The molecule has 0 unspecified atom stereocenters. The van der Waals surface area contributed by atoms with E-state index in [0.717, 1.165) is 70.8 Å². The maximum absolute atomic E-state index is 11.3. The lowest BCUT2D eigenvalue weighted by Gasteiger charge is -2.22. The molecule has 0 aliphatic heterocycles. The van der Waals surface area contributed by atoms with Gasteiger partial charge in [-0.3, -0.25) is 14.4 Å². The molecule has 0 aromatic rings. The maximum Gasteiger partial charge on any atom is 0.408 e. The molecule has 0 bridgehead atoms. The van der Waals surface area contributed by atoms with Gasteiger partial charge in [0.15, 0.2) is 0 Å². The first-order valence-electron chi connectivity index (χ1n) is 18.7. The van der Waals surface area contributed by atoms with Crippen LogP contribution in [0.4, 0.5) is 4.79 Å². The molecule has 11 heteroatoms. The van der Waals surface area contributed by atoms with Crippen LogP contribution in [0.15, 0.2) is 0 Å². The summed E-state index contributed by atoms with van der Waals surface area (Å²) < 4.78 is 5.11. The predicted octanol–water partition coefficient (Wildman–Crippen LogP) is 4.65. The second kappa shape index (κ2) is 18.7. The van der Waals surface area contributed by atoms with E-state index in [1.807, 2.05) is 20.8 Å². The number of alkyl carbamates (subject to hydrolysis) is 1. The maximum atomic E-state index is 11.3. The smallest absolute Gasteiger partial charge is 0.408 e. The summed E-state index contributed by atoms with van der Waals surface area (Å²) in [7, 11) is 0. The number of nitrogens with zero attached hydrogens (tertiary/aromatic N) is 1. The van der Waals surface area contributed by atoms with E-state index in [4.69, 9.17) is 16.2 Å². The van der Waals surface area contributed by atoms with Crippen LogP contribution in [-0.4, -0.2) is 84.5 Å². The number of amides is 3. The van der Waals surface area contributed by atoms with Gasteiger partial charge in [0.1, 0.15) is 11.4 Å². The quantitative estimate of drug-likeness (QED) is 0.199. The molecule has 11 nitrogen and oxygen atoms in total. The van der Waals surface area contributed by atoms with E-state index < -0.39 is 5.60 Å². The van der Waals surface area contributed by atoms with E-state index in [9.17, 15) is 19.2 Å². The Morgan fingerprint density at radius 1 is 0.750 bits per heavy atom. The largest absolute Gasteiger partial charge is 0.444 e. The molecule has 3 amide bonds. The van der Waals surface area contributed by atoms with E-state index in [1.54, 1.807) is 6.92 Å². The molecule has 0 atom stereocenters. The highest BCUT2D eigenvalue weighted by atomic mass is 16.6. The van der Waals surface area contributed by atoms with Gasteiger partial charge in [-0.2, -0.15) is 0 Å².